The van der Waals surface area contributed by atoms with Crippen LogP contribution in [0.2, 0.25) is 0 Å². The van der Waals surface area contributed by atoms with Gasteiger partial charge in [0.2, 0.25) is 0 Å². The molecule has 0 spiro atoms. The van der Waals surface area contributed by atoms with E-state index in [0.717, 1.165) is 18.6 Å². The number of thioether (sulfide) groups is 1. The van der Waals surface area contributed by atoms with E-state index in [0.29, 0.717) is 5.41 Å². The van der Waals surface area contributed by atoms with E-state index in [4.69, 9.17) is 5.73 Å². The molecule has 3 heterocycles. The molecule has 2 bridgehead atoms. The van der Waals surface area contributed by atoms with Crippen molar-refractivity contribution in [1.82, 2.24) is 9.80 Å². The SMILES string of the molecule is CN1C2CCC1CN(C1(CN)CSCCC1(C)C)CC2. The fourth-order valence-electron chi connectivity index (χ4n) is 4.68. The lowest BCUT2D eigenvalue weighted by atomic mass is 9.69. The van der Waals surface area contributed by atoms with Crippen LogP contribution in [0.1, 0.15) is 39.5 Å². The summed E-state index contributed by atoms with van der Waals surface area (Å²) in [5.74, 6) is 2.52. The van der Waals surface area contributed by atoms with Crippen LogP contribution < -0.4 is 5.73 Å². The highest BCUT2D eigenvalue weighted by molar-refractivity contribution is 7.99. The maximum Gasteiger partial charge on any atom is 0.0473 e. The molecule has 0 aromatic rings. The van der Waals surface area contributed by atoms with Crippen LogP contribution in [0, 0.1) is 5.41 Å². The van der Waals surface area contributed by atoms with Crippen LogP contribution in [0.3, 0.4) is 0 Å². The first-order valence-corrected chi connectivity index (χ1v) is 9.40. The van der Waals surface area contributed by atoms with Crippen molar-refractivity contribution in [3.05, 3.63) is 0 Å². The Labute approximate surface area is 128 Å². The van der Waals surface area contributed by atoms with Gasteiger partial charge in [-0.1, -0.05) is 13.8 Å². The molecule has 3 atom stereocenters. The van der Waals surface area contributed by atoms with Gasteiger partial charge in [0.25, 0.3) is 0 Å². The van der Waals surface area contributed by atoms with E-state index < -0.39 is 0 Å². The van der Waals surface area contributed by atoms with E-state index in [2.05, 4.69) is 42.5 Å². The molecule has 20 heavy (non-hydrogen) atoms. The van der Waals surface area contributed by atoms with Crippen LogP contribution in [0.4, 0.5) is 0 Å². The van der Waals surface area contributed by atoms with Crippen LogP contribution in [-0.2, 0) is 0 Å². The van der Waals surface area contributed by atoms with E-state index in [-0.39, 0.29) is 5.54 Å². The fourth-order valence-corrected chi connectivity index (χ4v) is 6.51. The Balaban J connectivity index is 1.85. The number of likely N-dealkylation sites (tertiary alicyclic amines) is 1. The Bertz CT molecular complexity index is 360. The first-order valence-electron chi connectivity index (χ1n) is 8.25. The summed E-state index contributed by atoms with van der Waals surface area (Å²) in [5, 5.41) is 0. The van der Waals surface area contributed by atoms with E-state index in [1.54, 1.807) is 0 Å². The van der Waals surface area contributed by atoms with Crippen LogP contribution >= 0.6 is 11.8 Å². The molecule has 0 amide bonds. The number of nitrogens with zero attached hydrogens (tertiary/aromatic N) is 2. The quantitative estimate of drug-likeness (QED) is 0.845. The van der Waals surface area contributed by atoms with Gasteiger partial charge in [0, 0.05) is 43.0 Å². The Hall–Kier alpha value is 0.230. The highest BCUT2D eigenvalue weighted by Gasteiger charge is 2.51. The van der Waals surface area contributed by atoms with E-state index in [9.17, 15) is 0 Å². The van der Waals surface area contributed by atoms with Gasteiger partial charge >= 0.3 is 0 Å². The second-order valence-electron chi connectivity index (χ2n) is 7.71. The lowest BCUT2D eigenvalue weighted by Gasteiger charge is -2.56. The van der Waals surface area contributed by atoms with Gasteiger partial charge in [-0.15, -0.1) is 0 Å². The van der Waals surface area contributed by atoms with Crippen LogP contribution in [0.15, 0.2) is 0 Å². The molecule has 4 heteroatoms. The van der Waals surface area contributed by atoms with Crippen molar-refractivity contribution in [2.45, 2.75) is 57.2 Å². The molecule has 116 valence electrons. The van der Waals surface area contributed by atoms with Gasteiger partial charge in [0.05, 0.1) is 0 Å². The summed E-state index contributed by atoms with van der Waals surface area (Å²) >= 11 is 2.11. The zero-order valence-corrected chi connectivity index (χ0v) is 14.2. The van der Waals surface area contributed by atoms with Crippen LogP contribution in [0.5, 0.6) is 0 Å². The molecular formula is C16H31N3S. The van der Waals surface area contributed by atoms with Crippen molar-refractivity contribution < 1.29 is 0 Å². The lowest BCUT2D eigenvalue weighted by Crippen LogP contribution is -2.67. The van der Waals surface area contributed by atoms with E-state index >= 15 is 0 Å². The van der Waals surface area contributed by atoms with E-state index in [1.165, 1.54) is 50.3 Å². The van der Waals surface area contributed by atoms with Crippen LogP contribution in [-0.4, -0.2) is 65.6 Å². The molecule has 2 N–H and O–H groups in total. The van der Waals surface area contributed by atoms with Crippen molar-refractivity contribution >= 4 is 11.8 Å². The summed E-state index contributed by atoms with van der Waals surface area (Å²) in [7, 11) is 2.34. The molecule has 0 radical (unpaired) electrons. The molecule has 3 nitrogen and oxygen atoms in total. The standard InChI is InChI=1S/C16H31N3S/c1-15(2)7-9-20-12-16(15,11-17)19-8-6-13-4-5-14(10-19)18(13)3/h13-14H,4-12,17H2,1-3H3. The summed E-state index contributed by atoms with van der Waals surface area (Å²) in [6.45, 7) is 8.19. The van der Waals surface area contributed by atoms with Gasteiger partial charge in [-0.3, -0.25) is 9.80 Å². The first-order chi connectivity index (χ1) is 9.50. The minimum Gasteiger partial charge on any atom is -0.329 e. The van der Waals surface area contributed by atoms with Crippen LogP contribution in [0.25, 0.3) is 0 Å². The summed E-state index contributed by atoms with van der Waals surface area (Å²) in [4.78, 5) is 5.44. The van der Waals surface area contributed by atoms with Gasteiger partial charge < -0.3 is 5.73 Å². The lowest BCUT2D eigenvalue weighted by molar-refractivity contribution is -0.00372. The third-order valence-corrected chi connectivity index (χ3v) is 7.74. The van der Waals surface area contributed by atoms with Gasteiger partial charge in [0.1, 0.15) is 0 Å². The molecule has 0 saturated carbocycles. The summed E-state index contributed by atoms with van der Waals surface area (Å²) in [6.07, 6.45) is 5.42. The van der Waals surface area contributed by atoms with Gasteiger partial charge in [-0.2, -0.15) is 11.8 Å². The minimum atomic E-state index is 0.210. The highest BCUT2D eigenvalue weighted by Crippen LogP contribution is 2.47. The van der Waals surface area contributed by atoms with E-state index in [1.807, 2.05) is 0 Å². The topological polar surface area (TPSA) is 32.5 Å². The molecule has 3 aliphatic heterocycles. The second-order valence-corrected chi connectivity index (χ2v) is 8.81. The highest BCUT2D eigenvalue weighted by atomic mass is 32.2. The zero-order valence-electron chi connectivity index (χ0n) is 13.4. The Morgan fingerprint density at radius 1 is 1.20 bits per heavy atom. The predicted octanol–water partition coefficient (Wildman–Crippen LogP) is 2.02. The van der Waals surface area contributed by atoms with Gasteiger partial charge in [0.15, 0.2) is 0 Å². The molecule has 3 rings (SSSR count). The molecule has 0 aliphatic carbocycles. The van der Waals surface area contributed by atoms with Crippen molar-refractivity contribution in [3.63, 3.8) is 0 Å². The molecule has 3 saturated heterocycles. The van der Waals surface area contributed by atoms with Crippen molar-refractivity contribution in [2.24, 2.45) is 11.1 Å². The number of hydrogen-bond acceptors (Lipinski definition) is 4. The predicted molar refractivity (Wildman–Crippen MR) is 88.3 cm³/mol. The zero-order chi connectivity index (χ0) is 14.4. The average Bonchev–Trinajstić information content (AvgIpc) is 2.64. The number of hydrogen-bond donors (Lipinski definition) is 1. The summed E-state index contributed by atoms with van der Waals surface area (Å²) in [6, 6.07) is 1.58. The number of nitrogens with two attached hydrogens (primary N) is 1. The third kappa shape index (κ3) is 2.23. The average molecular weight is 298 g/mol. The molecule has 0 aromatic carbocycles. The Morgan fingerprint density at radius 2 is 1.95 bits per heavy atom. The monoisotopic (exact) mass is 297 g/mol. The minimum absolute atomic E-state index is 0.210. The first kappa shape index (κ1) is 15.1. The largest absolute Gasteiger partial charge is 0.329 e. The van der Waals surface area contributed by atoms with Crippen molar-refractivity contribution in [1.29, 1.82) is 0 Å². The van der Waals surface area contributed by atoms with Gasteiger partial charge in [-0.05, 0) is 43.9 Å². The summed E-state index contributed by atoms with van der Waals surface area (Å²) in [5.41, 5.74) is 6.91. The second kappa shape index (κ2) is 5.45. The molecule has 3 aliphatic rings. The maximum absolute atomic E-state index is 6.36. The molecule has 3 fully saturated rings. The third-order valence-electron chi connectivity index (χ3n) is 6.56. The fraction of sp³-hybridized carbons (Fsp3) is 1.00. The normalized spacial score (nSPS) is 42.6. The molecule has 3 unspecified atom stereocenters. The van der Waals surface area contributed by atoms with Crippen molar-refractivity contribution in [2.75, 3.05) is 38.2 Å². The number of likely N-dealkylation sites (N-methyl/N-ethyl adjacent to an activating group) is 1. The smallest absolute Gasteiger partial charge is 0.0473 e. The van der Waals surface area contributed by atoms with Gasteiger partial charge in [-0.25, -0.2) is 0 Å². The number of rotatable bonds is 2. The molecule has 0 aromatic heterocycles. The maximum atomic E-state index is 6.36. The summed E-state index contributed by atoms with van der Waals surface area (Å²) < 4.78 is 0. The Kier molecular flexibility index (Phi) is 4.13. The molecular weight excluding hydrogens is 266 g/mol. The number of fused-ring (bicyclic) bond motifs is 2. The van der Waals surface area contributed by atoms with Crippen molar-refractivity contribution in [3.8, 4) is 0 Å². The Morgan fingerprint density at radius 3 is 2.65 bits per heavy atom.